The van der Waals surface area contributed by atoms with Gasteiger partial charge < -0.3 is 40.3 Å². The third-order valence-corrected chi connectivity index (χ3v) is 11.3. The molecule has 1 aliphatic heterocycles. The molecule has 60 heavy (non-hydrogen) atoms. The molecule has 1 heterocycles. The third kappa shape index (κ3) is 30.8. The van der Waals surface area contributed by atoms with Crippen LogP contribution in [0.15, 0.2) is 60.8 Å². The van der Waals surface area contributed by atoms with Gasteiger partial charge in [-0.1, -0.05) is 197 Å². The summed E-state index contributed by atoms with van der Waals surface area (Å²) in [6, 6.07) is -0.803. The van der Waals surface area contributed by atoms with E-state index in [1.54, 1.807) is 6.08 Å². The van der Waals surface area contributed by atoms with Gasteiger partial charge in [-0.05, 0) is 57.8 Å². The highest BCUT2D eigenvalue weighted by Crippen LogP contribution is 2.23. The zero-order valence-electron chi connectivity index (χ0n) is 38.2. The Bertz CT molecular complexity index is 1120. The zero-order chi connectivity index (χ0) is 43.7. The molecule has 0 aromatic heterocycles. The van der Waals surface area contributed by atoms with Crippen molar-refractivity contribution in [2.75, 3.05) is 13.2 Å². The Morgan fingerprint density at radius 1 is 0.583 bits per heavy atom. The molecule has 0 spiro atoms. The first-order valence-corrected chi connectivity index (χ1v) is 24.5. The fourth-order valence-corrected chi connectivity index (χ4v) is 7.44. The summed E-state index contributed by atoms with van der Waals surface area (Å²) in [5.41, 5.74) is 0. The van der Waals surface area contributed by atoms with Crippen LogP contribution in [0.2, 0.25) is 0 Å². The molecular weight excluding hydrogens is 755 g/mol. The first-order chi connectivity index (χ1) is 29.3. The summed E-state index contributed by atoms with van der Waals surface area (Å²) in [7, 11) is 0. The van der Waals surface area contributed by atoms with Gasteiger partial charge in [-0.15, -0.1) is 0 Å². The van der Waals surface area contributed by atoms with Crippen LogP contribution in [0.3, 0.4) is 0 Å². The van der Waals surface area contributed by atoms with E-state index in [0.717, 1.165) is 64.2 Å². The average molecular weight is 846 g/mol. The minimum Gasteiger partial charge on any atom is -0.394 e. The smallest absolute Gasteiger partial charge is 0.220 e. The van der Waals surface area contributed by atoms with Crippen molar-refractivity contribution in [1.82, 2.24) is 5.32 Å². The monoisotopic (exact) mass is 846 g/mol. The number of rotatable bonds is 40. The third-order valence-electron chi connectivity index (χ3n) is 11.3. The van der Waals surface area contributed by atoms with Crippen LogP contribution in [0.25, 0.3) is 0 Å². The molecule has 9 nitrogen and oxygen atoms in total. The van der Waals surface area contributed by atoms with Crippen LogP contribution in [-0.2, 0) is 14.3 Å². The van der Waals surface area contributed by atoms with Crippen molar-refractivity contribution in [2.24, 2.45) is 0 Å². The Morgan fingerprint density at radius 2 is 1.03 bits per heavy atom. The van der Waals surface area contributed by atoms with Crippen LogP contribution in [0.4, 0.5) is 0 Å². The first kappa shape index (κ1) is 55.9. The molecular formula is C51H91NO8. The summed E-state index contributed by atoms with van der Waals surface area (Å²) in [5, 5.41) is 54.0. The fourth-order valence-electron chi connectivity index (χ4n) is 7.44. The summed E-state index contributed by atoms with van der Waals surface area (Å²) in [6.07, 6.45) is 47.3. The largest absolute Gasteiger partial charge is 0.394 e. The number of unbranched alkanes of at least 4 members (excludes halogenated alkanes) is 22. The van der Waals surface area contributed by atoms with Crippen LogP contribution in [0.1, 0.15) is 200 Å². The van der Waals surface area contributed by atoms with Gasteiger partial charge in [0.05, 0.1) is 25.4 Å². The van der Waals surface area contributed by atoms with E-state index in [1.165, 1.54) is 116 Å². The van der Waals surface area contributed by atoms with E-state index in [-0.39, 0.29) is 12.5 Å². The van der Waals surface area contributed by atoms with Gasteiger partial charge in [0, 0.05) is 6.42 Å². The van der Waals surface area contributed by atoms with Gasteiger partial charge in [0.25, 0.3) is 0 Å². The van der Waals surface area contributed by atoms with Crippen LogP contribution >= 0.6 is 0 Å². The molecule has 1 rings (SSSR count). The number of ether oxygens (including phenoxy) is 2. The molecule has 9 heteroatoms. The number of aliphatic hydroxyl groups excluding tert-OH is 5. The molecule has 1 saturated heterocycles. The van der Waals surface area contributed by atoms with Crippen molar-refractivity contribution in [3.8, 4) is 0 Å². The summed E-state index contributed by atoms with van der Waals surface area (Å²) in [5.74, 6) is -0.182. The zero-order valence-corrected chi connectivity index (χ0v) is 38.2. The van der Waals surface area contributed by atoms with Gasteiger partial charge in [0.1, 0.15) is 24.4 Å². The maximum Gasteiger partial charge on any atom is 0.220 e. The van der Waals surface area contributed by atoms with E-state index < -0.39 is 49.5 Å². The number of carbonyl (C=O) groups excluding carboxylic acids is 1. The predicted octanol–water partition coefficient (Wildman–Crippen LogP) is 10.8. The molecule has 1 aliphatic rings. The number of aliphatic hydroxyl groups is 5. The van der Waals surface area contributed by atoms with Crippen LogP contribution in [0.5, 0.6) is 0 Å². The minimum absolute atomic E-state index is 0.182. The molecule has 7 atom stereocenters. The van der Waals surface area contributed by atoms with E-state index in [1.807, 2.05) is 6.08 Å². The highest BCUT2D eigenvalue weighted by molar-refractivity contribution is 5.76. The molecule has 0 radical (unpaired) electrons. The van der Waals surface area contributed by atoms with Gasteiger partial charge in [-0.3, -0.25) is 4.79 Å². The van der Waals surface area contributed by atoms with E-state index in [0.29, 0.717) is 6.42 Å². The lowest BCUT2D eigenvalue weighted by Gasteiger charge is -2.40. The Morgan fingerprint density at radius 3 is 1.53 bits per heavy atom. The van der Waals surface area contributed by atoms with Crippen LogP contribution in [0, 0.1) is 0 Å². The second kappa shape index (κ2) is 40.9. The second-order valence-corrected chi connectivity index (χ2v) is 16.9. The first-order valence-electron chi connectivity index (χ1n) is 24.5. The number of carbonyl (C=O) groups is 1. The van der Waals surface area contributed by atoms with E-state index in [4.69, 9.17) is 9.47 Å². The van der Waals surface area contributed by atoms with Gasteiger partial charge in [-0.25, -0.2) is 0 Å². The maximum absolute atomic E-state index is 12.9. The highest BCUT2D eigenvalue weighted by atomic mass is 16.7. The quantitative estimate of drug-likeness (QED) is 0.0264. The highest BCUT2D eigenvalue weighted by Gasteiger charge is 2.44. The Kier molecular flexibility index (Phi) is 38.1. The molecule has 0 bridgehead atoms. The Labute approximate surface area is 366 Å². The predicted molar refractivity (Wildman–Crippen MR) is 249 cm³/mol. The standard InChI is InChI=1S/C51H91NO8/c1-3-5-7-9-11-13-14-15-16-17-18-19-20-21-22-23-24-25-26-27-28-29-30-31-32-33-35-37-39-41-47(55)52-44(45(54)40-38-36-34-12-10-8-6-4-2)43-59-51-50(58)49(57)48(56)46(42-53)60-51/h5,7,11,13,15-16,18-19,38,40,44-46,48-51,53-54,56-58H,3-4,6,8-10,12,14,17,20-37,39,41-43H2,1-2H3,(H,52,55)/b7-5-,13-11-,16-15-,19-18-,40-38+. The molecule has 7 unspecified atom stereocenters. The van der Waals surface area contributed by atoms with Gasteiger partial charge in [0.15, 0.2) is 6.29 Å². The molecule has 348 valence electrons. The Balaban J connectivity index is 2.13. The topological polar surface area (TPSA) is 149 Å². The number of hydrogen-bond acceptors (Lipinski definition) is 8. The lowest BCUT2D eigenvalue weighted by Crippen LogP contribution is -2.60. The van der Waals surface area contributed by atoms with Crippen molar-refractivity contribution in [2.45, 2.75) is 243 Å². The van der Waals surface area contributed by atoms with Crippen molar-refractivity contribution in [3.63, 3.8) is 0 Å². The normalized spacial score (nSPS) is 21.1. The van der Waals surface area contributed by atoms with Gasteiger partial charge >= 0.3 is 0 Å². The van der Waals surface area contributed by atoms with Crippen molar-refractivity contribution in [3.05, 3.63) is 60.8 Å². The number of hydrogen-bond donors (Lipinski definition) is 6. The molecule has 6 N–H and O–H groups in total. The number of nitrogens with one attached hydrogen (secondary N) is 1. The van der Waals surface area contributed by atoms with Crippen LogP contribution < -0.4 is 5.32 Å². The summed E-state index contributed by atoms with van der Waals surface area (Å²) in [6.45, 7) is 3.61. The number of amides is 1. The SMILES string of the molecule is CC/C=C\C/C=C\C/C=C\C/C=C\CCCCCCCCCCCCCCCCCCC(=O)NC(COC1OC(CO)C(O)C(O)C1O)C(O)/C=C/CCCCCCCC. The molecule has 0 aromatic carbocycles. The number of allylic oxidation sites excluding steroid dienone is 9. The van der Waals surface area contributed by atoms with E-state index >= 15 is 0 Å². The fraction of sp³-hybridized carbons (Fsp3) is 0.784. The van der Waals surface area contributed by atoms with E-state index in [9.17, 15) is 30.3 Å². The second-order valence-electron chi connectivity index (χ2n) is 16.9. The van der Waals surface area contributed by atoms with Crippen LogP contribution in [-0.4, -0.2) is 87.5 Å². The maximum atomic E-state index is 12.9. The molecule has 1 amide bonds. The lowest BCUT2D eigenvalue weighted by atomic mass is 9.99. The lowest BCUT2D eigenvalue weighted by molar-refractivity contribution is -0.302. The minimum atomic E-state index is -1.56. The van der Waals surface area contributed by atoms with E-state index in [2.05, 4.69) is 67.8 Å². The van der Waals surface area contributed by atoms with Gasteiger partial charge in [0.2, 0.25) is 5.91 Å². The van der Waals surface area contributed by atoms with Gasteiger partial charge in [-0.2, -0.15) is 0 Å². The Hall–Kier alpha value is -2.11. The molecule has 0 aromatic rings. The molecule has 1 fully saturated rings. The van der Waals surface area contributed by atoms with Crippen molar-refractivity contribution < 1.29 is 39.8 Å². The van der Waals surface area contributed by atoms with Crippen molar-refractivity contribution >= 4 is 5.91 Å². The van der Waals surface area contributed by atoms with Crippen molar-refractivity contribution in [1.29, 1.82) is 0 Å². The summed E-state index contributed by atoms with van der Waals surface area (Å²) < 4.78 is 11.2. The molecule has 0 saturated carbocycles. The molecule has 0 aliphatic carbocycles. The summed E-state index contributed by atoms with van der Waals surface area (Å²) in [4.78, 5) is 12.9. The average Bonchev–Trinajstić information content (AvgIpc) is 3.25. The summed E-state index contributed by atoms with van der Waals surface area (Å²) >= 11 is 0.